The molecule has 0 aliphatic carbocycles. The fourth-order valence-electron chi connectivity index (χ4n) is 3.51. The van der Waals surface area contributed by atoms with Crippen molar-refractivity contribution < 1.29 is 9.53 Å². The quantitative estimate of drug-likeness (QED) is 0.839. The molecule has 0 N–H and O–H groups in total. The van der Waals surface area contributed by atoms with Gasteiger partial charge in [0.1, 0.15) is 31.6 Å². The minimum atomic E-state index is 0.0342. The lowest BCUT2D eigenvalue weighted by Gasteiger charge is -2.20. The third kappa shape index (κ3) is 3.82. The van der Waals surface area contributed by atoms with E-state index in [1.54, 1.807) is 11.0 Å². The minimum absolute atomic E-state index is 0.0342. The molecule has 0 bridgehead atoms. The van der Waals surface area contributed by atoms with Gasteiger partial charge < -0.3 is 9.64 Å². The van der Waals surface area contributed by atoms with Crippen molar-refractivity contribution in [2.45, 2.75) is 32.5 Å². The summed E-state index contributed by atoms with van der Waals surface area (Å²) in [6, 6.07) is 6.38. The number of hydrogen-bond acceptors (Lipinski definition) is 5. The Hall–Kier alpha value is -2.41. The third-order valence-corrected chi connectivity index (χ3v) is 4.83. The van der Waals surface area contributed by atoms with Crippen molar-refractivity contribution in [2.24, 2.45) is 0 Å². The van der Waals surface area contributed by atoms with Crippen LogP contribution in [0.25, 0.3) is 0 Å². The lowest BCUT2D eigenvalue weighted by Crippen LogP contribution is -2.35. The maximum atomic E-state index is 12.6. The molecule has 0 radical (unpaired) electrons. The molecule has 0 atom stereocenters. The van der Waals surface area contributed by atoms with Gasteiger partial charge in [0, 0.05) is 18.7 Å². The largest absolute Gasteiger partial charge is 0.491 e. The molecule has 7 heteroatoms. The highest BCUT2D eigenvalue weighted by molar-refractivity contribution is 5.76. The summed E-state index contributed by atoms with van der Waals surface area (Å²) in [5.41, 5.74) is 2.37. The standard InChI is InChI=1S/C18H23N5O2/c24-18(12-23-14-19-13-20-23)22-7-8-25-17-4-3-15(9-16(17)11-22)10-21-5-1-2-6-21/h3-4,9,13-14H,1-2,5-8,10-12H2. The van der Waals surface area contributed by atoms with Gasteiger partial charge in [0.25, 0.3) is 0 Å². The highest BCUT2D eigenvalue weighted by Gasteiger charge is 2.21. The van der Waals surface area contributed by atoms with E-state index in [2.05, 4.69) is 27.1 Å². The van der Waals surface area contributed by atoms with E-state index >= 15 is 0 Å². The van der Waals surface area contributed by atoms with Gasteiger partial charge in [-0.3, -0.25) is 9.69 Å². The molecular weight excluding hydrogens is 318 g/mol. The van der Waals surface area contributed by atoms with Crippen molar-refractivity contribution >= 4 is 5.91 Å². The highest BCUT2D eigenvalue weighted by atomic mass is 16.5. The summed E-state index contributed by atoms with van der Waals surface area (Å²) in [4.78, 5) is 20.8. The number of fused-ring (bicyclic) bond motifs is 1. The summed E-state index contributed by atoms with van der Waals surface area (Å²) < 4.78 is 7.40. The Bertz CT molecular complexity index is 725. The zero-order valence-corrected chi connectivity index (χ0v) is 14.3. The second kappa shape index (κ2) is 7.23. The van der Waals surface area contributed by atoms with Gasteiger partial charge in [-0.2, -0.15) is 5.10 Å². The van der Waals surface area contributed by atoms with Crippen molar-refractivity contribution in [1.29, 1.82) is 0 Å². The van der Waals surface area contributed by atoms with Crippen LogP contribution in [0.5, 0.6) is 5.75 Å². The fraction of sp³-hybridized carbons (Fsp3) is 0.500. The number of hydrogen-bond donors (Lipinski definition) is 0. The van der Waals surface area contributed by atoms with Gasteiger partial charge in [-0.05, 0) is 43.6 Å². The average Bonchev–Trinajstić information content (AvgIpc) is 3.25. The summed E-state index contributed by atoms with van der Waals surface area (Å²) in [6.07, 6.45) is 5.59. The van der Waals surface area contributed by atoms with Crippen molar-refractivity contribution in [3.8, 4) is 5.75 Å². The second-order valence-electron chi connectivity index (χ2n) is 6.68. The molecule has 1 aromatic heterocycles. The predicted octanol–water partition coefficient (Wildman–Crippen LogP) is 1.30. The Morgan fingerprint density at radius 3 is 2.88 bits per heavy atom. The Morgan fingerprint density at radius 1 is 1.20 bits per heavy atom. The molecule has 1 aromatic carbocycles. The molecule has 0 saturated carbocycles. The molecule has 132 valence electrons. The molecule has 4 rings (SSSR count). The molecule has 25 heavy (non-hydrogen) atoms. The van der Waals surface area contributed by atoms with E-state index in [1.165, 1.54) is 37.8 Å². The normalized spacial score (nSPS) is 17.8. The van der Waals surface area contributed by atoms with Crippen LogP contribution >= 0.6 is 0 Å². The highest BCUT2D eigenvalue weighted by Crippen LogP contribution is 2.25. The first-order chi connectivity index (χ1) is 12.3. The first-order valence-electron chi connectivity index (χ1n) is 8.85. The number of benzene rings is 1. The van der Waals surface area contributed by atoms with Crippen LogP contribution in [0.3, 0.4) is 0 Å². The van der Waals surface area contributed by atoms with Crippen molar-refractivity contribution in [3.63, 3.8) is 0 Å². The van der Waals surface area contributed by atoms with Gasteiger partial charge in [0.15, 0.2) is 0 Å². The van der Waals surface area contributed by atoms with Crippen LogP contribution in [0.2, 0.25) is 0 Å². The average molecular weight is 341 g/mol. The Morgan fingerprint density at radius 2 is 2.08 bits per heavy atom. The summed E-state index contributed by atoms with van der Waals surface area (Å²) in [5.74, 6) is 0.924. The molecule has 1 saturated heterocycles. The van der Waals surface area contributed by atoms with E-state index in [-0.39, 0.29) is 12.5 Å². The third-order valence-electron chi connectivity index (χ3n) is 4.83. The molecule has 2 aliphatic rings. The van der Waals surface area contributed by atoms with Crippen molar-refractivity contribution in [2.75, 3.05) is 26.2 Å². The molecule has 1 amide bonds. The zero-order chi connectivity index (χ0) is 17.1. The number of ether oxygens (including phenoxy) is 1. The molecular formula is C18H23N5O2. The fourth-order valence-corrected chi connectivity index (χ4v) is 3.51. The Kier molecular flexibility index (Phi) is 4.65. The number of aromatic nitrogens is 3. The van der Waals surface area contributed by atoms with Crippen LogP contribution in [0.15, 0.2) is 30.9 Å². The number of nitrogens with zero attached hydrogens (tertiary/aromatic N) is 5. The van der Waals surface area contributed by atoms with Gasteiger partial charge in [0.2, 0.25) is 5.91 Å². The SMILES string of the molecule is O=C(Cn1cncn1)N1CCOc2ccc(CN3CCCC3)cc2C1. The van der Waals surface area contributed by atoms with Crippen LogP contribution in [0, 0.1) is 0 Å². The maximum absolute atomic E-state index is 12.6. The monoisotopic (exact) mass is 341 g/mol. The van der Waals surface area contributed by atoms with E-state index in [4.69, 9.17) is 4.74 Å². The van der Waals surface area contributed by atoms with E-state index in [0.29, 0.717) is 19.7 Å². The van der Waals surface area contributed by atoms with Crippen LogP contribution in [-0.2, 0) is 24.4 Å². The molecule has 0 unspecified atom stereocenters. The molecule has 0 spiro atoms. The van der Waals surface area contributed by atoms with Crippen LogP contribution in [0.4, 0.5) is 0 Å². The van der Waals surface area contributed by atoms with Gasteiger partial charge in [0.05, 0.1) is 6.54 Å². The first kappa shape index (κ1) is 16.1. The molecule has 3 heterocycles. The van der Waals surface area contributed by atoms with E-state index in [0.717, 1.165) is 17.9 Å². The van der Waals surface area contributed by atoms with Crippen LogP contribution < -0.4 is 4.74 Å². The Balaban J connectivity index is 1.47. The van der Waals surface area contributed by atoms with E-state index in [1.807, 2.05) is 11.0 Å². The summed E-state index contributed by atoms with van der Waals surface area (Å²) in [7, 11) is 0. The lowest BCUT2D eigenvalue weighted by molar-refractivity contribution is -0.132. The van der Waals surface area contributed by atoms with Crippen molar-refractivity contribution in [3.05, 3.63) is 42.0 Å². The molecule has 2 aromatic rings. The minimum Gasteiger partial charge on any atom is -0.491 e. The van der Waals surface area contributed by atoms with Gasteiger partial charge in [-0.1, -0.05) is 6.07 Å². The number of amides is 1. The number of likely N-dealkylation sites (tertiary alicyclic amines) is 1. The Labute approximate surface area is 147 Å². The molecule has 2 aliphatic heterocycles. The summed E-state index contributed by atoms with van der Waals surface area (Å²) >= 11 is 0. The summed E-state index contributed by atoms with van der Waals surface area (Å²) in [6.45, 7) is 5.22. The zero-order valence-electron chi connectivity index (χ0n) is 14.3. The predicted molar refractivity (Wildman–Crippen MR) is 91.9 cm³/mol. The number of carbonyl (C=O) groups is 1. The van der Waals surface area contributed by atoms with Crippen LogP contribution in [0.1, 0.15) is 24.0 Å². The number of carbonyl (C=O) groups excluding carboxylic acids is 1. The van der Waals surface area contributed by atoms with Crippen molar-refractivity contribution in [1.82, 2.24) is 24.6 Å². The second-order valence-corrected chi connectivity index (χ2v) is 6.68. The van der Waals surface area contributed by atoms with E-state index < -0.39 is 0 Å². The maximum Gasteiger partial charge on any atom is 0.244 e. The van der Waals surface area contributed by atoms with E-state index in [9.17, 15) is 4.79 Å². The smallest absolute Gasteiger partial charge is 0.244 e. The first-order valence-corrected chi connectivity index (χ1v) is 8.85. The van der Waals surface area contributed by atoms with Gasteiger partial charge >= 0.3 is 0 Å². The number of rotatable bonds is 4. The molecule has 7 nitrogen and oxygen atoms in total. The van der Waals surface area contributed by atoms with Crippen LogP contribution in [-0.4, -0.2) is 56.7 Å². The van der Waals surface area contributed by atoms with Gasteiger partial charge in [-0.25, -0.2) is 9.67 Å². The lowest BCUT2D eigenvalue weighted by atomic mass is 10.1. The summed E-state index contributed by atoms with van der Waals surface area (Å²) in [5, 5.41) is 4.01. The van der Waals surface area contributed by atoms with Gasteiger partial charge in [-0.15, -0.1) is 0 Å². The molecule has 1 fully saturated rings. The topological polar surface area (TPSA) is 63.5 Å².